The van der Waals surface area contributed by atoms with Crippen LogP contribution in [-0.2, 0) is 23.7 Å². The summed E-state index contributed by atoms with van der Waals surface area (Å²) in [6.07, 6.45) is 8.10. The lowest BCUT2D eigenvalue weighted by Gasteiger charge is -2.10. The number of nitrogens with one attached hydrogen (secondary N) is 4. The molecule has 0 spiro atoms. The van der Waals surface area contributed by atoms with Crippen LogP contribution in [0.25, 0.3) is 0 Å². The maximum Gasteiger partial charge on any atom is 0.287 e. The van der Waals surface area contributed by atoms with Crippen molar-refractivity contribution in [3.63, 3.8) is 0 Å². The molecule has 2 aromatic heterocycles. The zero-order valence-electron chi connectivity index (χ0n) is 19.2. The fraction of sp³-hybridized carbons (Fsp3) is 0.500. The Morgan fingerprint density at radius 3 is 2.45 bits per heavy atom. The van der Waals surface area contributed by atoms with E-state index < -0.39 is 5.91 Å². The fourth-order valence-electron chi connectivity index (χ4n) is 3.90. The average molecular weight is 458 g/mol. The van der Waals surface area contributed by atoms with E-state index in [-0.39, 0.29) is 41.7 Å². The zero-order valence-corrected chi connectivity index (χ0v) is 19.2. The molecule has 0 aliphatic heterocycles. The maximum absolute atomic E-state index is 12.6. The molecule has 2 aromatic rings. The summed E-state index contributed by atoms with van der Waals surface area (Å²) in [6.45, 7) is 0.466. The number of aryl methyl sites for hydroxylation is 2. The molecule has 3 rings (SSSR count). The van der Waals surface area contributed by atoms with E-state index in [1.165, 1.54) is 11.6 Å². The highest BCUT2D eigenvalue weighted by Crippen LogP contribution is 2.24. The molecule has 1 aliphatic rings. The predicted molar refractivity (Wildman–Crippen MR) is 123 cm³/mol. The number of nitrogens with zero attached hydrogens (tertiary/aromatic N) is 3. The number of carbonyl (C=O) groups excluding carboxylic acids is 4. The Labute approximate surface area is 192 Å². The Morgan fingerprint density at radius 2 is 1.76 bits per heavy atom. The Kier molecular flexibility index (Phi) is 7.86. The lowest BCUT2D eigenvalue weighted by molar-refractivity contribution is -0.125. The minimum Gasteiger partial charge on any atom is -0.356 e. The molecule has 0 aromatic carbocycles. The number of hydrogen-bond acceptors (Lipinski definition) is 5. The summed E-state index contributed by atoms with van der Waals surface area (Å²) in [5.41, 5.74) is 0.816. The number of hydrogen-bond donors (Lipinski definition) is 4. The fourth-order valence-corrected chi connectivity index (χ4v) is 3.90. The van der Waals surface area contributed by atoms with Gasteiger partial charge in [0.2, 0.25) is 17.6 Å². The van der Waals surface area contributed by atoms with E-state index in [1.54, 1.807) is 37.1 Å². The molecular formula is C22H31N7O4. The number of amides is 4. The molecule has 11 nitrogen and oxygen atoms in total. The van der Waals surface area contributed by atoms with Crippen LogP contribution in [0.1, 0.15) is 59.6 Å². The first kappa shape index (κ1) is 24.0. The Balaban J connectivity index is 1.48. The smallest absolute Gasteiger partial charge is 0.287 e. The molecule has 1 fully saturated rings. The van der Waals surface area contributed by atoms with Gasteiger partial charge in [0.1, 0.15) is 5.69 Å². The summed E-state index contributed by atoms with van der Waals surface area (Å²) in [5.74, 6) is -0.354. The summed E-state index contributed by atoms with van der Waals surface area (Å²) in [5, 5.41) is 10.8. The summed E-state index contributed by atoms with van der Waals surface area (Å²) in [4.78, 5) is 52.8. The van der Waals surface area contributed by atoms with Crippen LogP contribution >= 0.6 is 0 Å². The topological polar surface area (TPSA) is 139 Å². The number of carbonyl (C=O) groups is 4. The molecule has 1 aliphatic carbocycles. The van der Waals surface area contributed by atoms with Crippen LogP contribution in [-0.4, -0.2) is 51.3 Å². The van der Waals surface area contributed by atoms with Crippen molar-refractivity contribution in [3.05, 3.63) is 30.0 Å². The van der Waals surface area contributed by atoms with E-state index in [4.69, 9.17) is 0 Å². The van der Waals surface area contributed by atoms with Crippen LogP contribution in [0.3, 0.4) is 0 Å². The molecule has 2 heterocycles. The summed E-state index contributed by atoms with van der Waals surface area (Å²) in [7, 11) is 4.85. The van der Waals surface area contributed by atoms with Gasteiger partial charge in [-0.25, -0.2) is 4.98 Å². The van der Waals surface area contributed by atoms with Gasteiger partial charge in [-0.2, -0.15) is 0 Å². The highest BCUT2D eigenvalue weighted by atomic mass is 16.2. The molecule has 33 heavy (non-hydrogen) atoms. The maximum atomic E-state index is 12.6. The van der Waals surface area contributed by atoms with Crippen molar-refractivity contribution in [2.45, 2.75) is 38.5 Å². The SMILES string of the molecule is CNC(=O)c1nc(NC(=O)c2cc(NC(=O)CCCNC(=O)C3CCCC3)cn2C)cn1C. The largest absolute Gasteiger partial charge is 0.356 e. The van der Waals surface area contributed by atoms with Gasteiger partial charge in [-0.1, -0.05) is 12.8 Å². The number of rotatable bonds is 9. The van der Waals surface area contributed by atoms with Crippen LogP contribution < -0.4 is 21.3 Å². The van der Waals surface area contributed by atoms with Gasteiger partial charge >= 0.3 is 0 Å². The highest BCUT2D eigenvalue weighted by Gasteiger charge is 2.22. The second-order valence-electron chi connectivity index (χ2n) is 8.24. The molecule has 0 atom stereocenters. The Hall–Kier alpha value is -3.63. The van der Waals surface area contributed by atoms with Crippen molar-refractivity contribution in [1.82, 2.24) is 24.8 Å². The Morgan fingerprint density at radius 1 is 1.03 bits per heavy atom. The first-order chi connectivity index (χ1) is 15.8. The van der Waals surface area contributed by atoms with E-state index in [0.717, 1.165) is 25.7 Å². The van der Waals surface area contributed by atoms with Crippen LogP contribution in [0.5, 0.6) is 0 Å². The van der Waals surface area contributed by atoms with Crippen LogP contribution in [0.2, 0.25) is 0 Å². The zero-order chi connectivity index (χ0) is 24.0. The monoisotopic (exact) mass is 457 g/mol. The molecule has 0 radical (unpaired) electrons. The minimum absolute atomic E-state index is 0.0852. The van der Waals surface area contributed by atoms with Crippen molar-refractivity contribution >= 4 is 35.1 Å². The van der Waals surface area contributed by atoms with Crippen molar-refractivity contribution in [3.8, 4) is 0 Å². The molecule has 11 heteroatoms. The molecule has 0 unspecified atom stereocenters. The van der Waals surface area contributed by atoms with Crippen LogP contribution in [0.4, 0.5) is 11.5 Å². The van der Waals surface area contributed by atoms with Gasteiger partial charge in [0.05, 0.1) is 5.69 Å². The van der Waals surface area contributed by atoms with Gasteiger partial charge in [0.25, 0.3) is 11.8 Å². The Bertz CT molecular complexity index is 1030. The lowest BCUT2D eigenvalue weighted by Crippen LogP contribution is -2.30. The van der Waals surface area contributed by atoms with E-state index >= 15 is 0 Å². The van der Waals surface area contributed by atoms with Crippen LogP contribution in [0.15, 0.2) is 18.5 Å². The highest BCUT2D eigenvalue weighted by molar-refractivity contribution is 6.04. The van der Waals surface area contributed by atoms with Crippen molar-refractivity contribution in [1.29, 1.82) is 0 Å². The molecule has 4 amide bonds. The number of imidazole rings is 1. The molecular weight excluding hydrogens is 426 g/mol. The van der Waals surface area contributed by atoms with Gasteiger partial charge in [-0.3, -0.25) is 19.2 Å². The minimum atomic E-state index is -0.422. The quantitative estimate of drug-likeness (QED) is 0.422. The van der Waals surface area contributed by atoms with Gasteiger partial charge < -0.3 is 30.4 Å². The first-order valence-corrected chi connectivity index (χ1v) is 11.1. The van der Waals surface area contributed by atoms with Gasteiger partial charge in [0.15, 0.2) is 5.82 Å². The summed E-state index contributed by atoms with van der Waals surface area (Å²) in [6, 6.07) is 1.57. The van der Waals surface area contributed by atoms with Gasteiger partial charge in [-0.15, -0.1) is 0 Å². The van der Waals surface area contributed by atoms with E-state index in [9.17, 15) is 19.2 Å². The van der Waals surface area contributed by atoms with Gasteiger partial charge in [0, 0.05) is 52.4 Å². The third-order valence-electron chi connectivity index (χ3n) is 5.68. The van der Waals surface area contributed by atoms with E-state index in [1.807, 2.05) is 0 Å². The summed E-state index contributed by atoms with van der Waals surface area (Å²) >= 11 is 0. The summed E-state index contributed by atoms with van der Waals surface area (Å²) < 4.78 is 3.11. The van der Waals surface area contributed by atoms with E-state index in [2.05, 4.69) is 26.3 Å². The molecule has 0 bridgehead atoms. The first-order valence-electron chi connectivity index (χ1n) is 11.1. The lowest BCUT2D eigenvalue weighted by atomic mass is 10.1. The molecule has 0 saturated heterocycles. The normalized spacial score (nSPS) is 13.5. The third-order valence-corrected chi connectivity index (χ3v) is 5.68. The van der Waals surface area contributed by atoms with Crippen molar-refractivity contribution in [2.24, 2.45) is 20.0 Å². The average Bonchev–Trinajstić information content (AvgIpc) is 3.51. The number of aromatic nitrogens is 3. The van der Waals surface area contributed by atoms with Crippen molar-refractivity contribution in [2.75, 3.05) is 24.2 Å². The van der Waals surface area contributed by atoms with E-state index in [0.29, 0.717) is 24.3 Å². The second-order valence-corrected chi connectivity index (χ2v) is 8.24. The van der Waals surface area contributed by atoms with Crippen molar-refractivity contribution < 1.29 is 19.2 Å². The van der Waals surface area contributed by atoms with Gasteiger partial charge in [-0.05, 0) is 25.3 Å². The predicted octanol–water partition coefficient (Wildman–Crippen LogP) is 1.40. The third kappa shape index (κ3) is 6.21. The molecule has 1 saturated carbocycles. The standard InChI is InChI=1S/C22H31N7O4/c1-23-22(33)19-26-17(13-29(19)3)27-21(32)16-11-15(12-28(16)2)25-18(30)9-6-10-24-20(31)14-7-4-5-8-14/h11-14H,4-10H2,1-3H3,(H,23,33)(H,24,31)(H,25,30)(H,27,32). The number of anilines is 2. The van der Waals surface area contributed by atoms with Crippen LogP contribution in [0, 0.1) is 5.92 Å². The molecule has 4 N–H and O–H groups in total. The second kappa shape index (κ2) is 10.8. The molecule has 178 valence electrons.